The van der Waals surface area contributed by atoms with Gasteiger partial charge in [0.15, 0.2) is 0 Å². The molecule has 1 aliphatic heterocycles. The molecular formula is C12H19Cl2F3N2O. The van der Waals surface area contributed by atoms with E-state index in [-0.39, 0.29) is 37.3 Å². The van der Waals surface area contributed by atoms with Crippen LogP contribution in [0.2, 0.25) is 0 Å². The fourth-order valence-corrected chi connectivity index (χ4v) is 2.32. The highest BCUT2D eigenvalue weighted by atomic mass is 35.5. The Labute approximate surface area is 128 Å². The minimum Gasteiger partial charge on any atom is -0.472 e. The lowest BCUT2D eigenvalue weighted by molar-refractivity contribution is -0.138. The predicted octanol–water partition coefficient (Wildman–Crippen LogP) is 3.41. The number of nitrogens with zero attached hydrogens (tertiary/aromatic N) is 1. The quantitative estimate of drug-likeness (QED) is 0.914. The van der Waals surface area contributed by atoms with Crippen molar-refractivity contribution in [1.82, 2.24) is 10.2 Å². The van der Waals surface area contributed by atoms with Crippen molar-refractivity contribution in [3.05, 3.63) is 24.2 Å². The molecule has 1 N–H and O–H groups in total. The number of hydrogen-bond donors (Lipinski definition) is 1. The third-order valence-corrected chi connectivity index (χ3v) is 3.22. The Bertz CT molecular complexity index is 354. The van der Waals surface area contributed by atoms with E-state index in [1.807, 2.05) is 0 Å². The Morgan fingerprint density at radius 1 is 1.25 bits per heavy atom. The van der Waals surface area contributed by atoms with Gasteiger partial charge >= 0.3 is 6.18 Å². The lowest BCUT2D eigenvalue weighted by atomic mass is 10.0. The van der Waals surface area contributed by atoms with Crippen molar-refractivity contribution in [1.29, 1.82) is 0 Å². The van der Waals surface area contributed by atoms with Crippen LogP contribution in [0.3, 0.4) is 0 Å². The molecule has 1 fully saturated rings. The fraction of sp³-hybridized carbons (Fsp3) is 0.667. The molecule has 2 rings (SSSR count). The van der Waals surface area contributed by atoms with Gasteiger partial charge in [0.25, 0.3) is 0 Å². The van der Waals surface area contributed by atoms with E-state index in [2.05, 4.69) is 10.2 Å². The molecule has 1 saturated heterocycles. The monoisotopic (exact) mass is 334 g/mol. The number of nitrogens with one attached hydrogen (secondary N) is 1. The second-order valence-corrected chi connectivity index (χ2v) is 4.51. The smallest absolute Gasteiger partial charge is 0.389 e. The topological polar surface area (TPSA) is 28.4 Å². The Morgan fingerprint density at radius 3 is 2.40 bits per heavy atom. The van der Waals surface area contributed by atoms with Crippen LogP contribution in [0, 0.1) is 0 Å². The summed E-state index contributed by atoms with van der Waals surface area (Å²) in [6.45, 7) is 3.18. The first-order chi connectivity index (χ1) is 8.56. The van der Waals surface area contributed by atoms with E-state index in [1.54, 1.807) is 12.3 Å². The van der Waals surface area contributed by atoms with Crippen molar-refractivity contribution in [2.75, 3.05) is 26.2 Å². The highest BCUT2D eigenvalue weighted by molar-refractivity contribution is 5.85. The number of alkyl halides is 3. The molecule has 3 nitrogen and oxygen atoms in total. The molecule has 2 heterocycles. The van der Waals surface area contributed by atoms with E-state index in [0.29, 0.717) is 0 Å². The van der Waals surface area contributed by atoms with E-state index in [1.165, 1.54) is 6.26 Å². The molecule has 0 aromatic carbocycles. The van der Waals surface area contributed by atoms with Crippen LogP contribution in [0.4, 0.5) is 13.2 Å². The van der Waals surface area contributed by atoms with E-state index >= 15 is 0 Å². The van der Waals surface area contributed by atoms with Crippen molar-refractivity contribution in [3.63, 3.8) is 0 Å². The van der Waals surface area contributed by atoms with Crippen molar-refractivity contribution < 1.29 is 17.6 Å². The molecule has 20 heavy (non-hydrogen) atoms. The summed E-state index contributed by atoms with van der Waals surface area (Å²) in [7, 11) is 0. The Balaban J connectivity index is 0.00000180. The van der Waals surface area contributed by atoms with Gasteiger partial charge in [-0.05, 0) is 12.5 Å². The summed E-state index contributed by atoms with van der Waals surface area (Å²) in [5.41, 5.74) is 0.834. The zero-order chi connectivity index (χ0) is 13.0. The van der Waals surface area contributed by atoms with Crippen molar-refractivity contribution in [2.45, 2.75) is 25.1 Å². The van der Waals surface area contributed by atoms with E-state index in [0.717, 1.165) is 31.7 Å². The van der Waals surface area contributed by atoms with Crippen LogP contribution in [-0.4, -0.2) is 37.3 Å². The molecule has 1 aromatic rings. The highest BCUT2D eigenvalue weighted by Crippen LogP contribution is 2.31. The average Bonchev–Trinajstić information content (AvgIpc) is 2.83. The minimum atomic E-state index is -4.10. The molecule has 0 spiro atoms. The SMILES string of the molecule is Cl.Cl.FC(F)(F)CC[C@H](c1ccoc1)N1CCNCC1. The predicted molar refractivity (Wildman–Crippen MR) is 75.7 cm³/mol. The first-order valence-corrected chi connectivity index (χ1v) is 6.10. The van der Waals surface area contributed by atoms with E-state index in [4.69, 9.17) is 4.42 Å². The lowest BCUT2D eigenvalue weighted by Crippen LogP contribution is -2.45. The molecule has 0 amide bonds. The summed E-state index contributed by atoms with van der Waals surface area (Å²) in [5.74, 6) is 0. The number of halogens is 5. The standard InChI is InChI=1S/C12H17F3N2O.2ClH/c13-12(14,15)3-1-11(10-2-8-18-9-10)17-6-4-16-5-7-17;;/h2,8-9,11,16H,1,3-7H2;2*1H/t11-;;/m1../s1. The van der Waals surface area contributed by atoms with Crippen LogP contribution in [0.15, 0.2) is 23.0 Å². The molecule has 8 heteroatoms. The summed E-state index contributed by atoms with van der Waals surface area (Å²) >= 11 is 0. The summed E-state index contributed by atoms with van der Waals surface area (Å²) < 4.78 is 42.1. The molecule has 1 atom stereocenters. The van der Waals surface area contributed by atoms with Gasteiger partial charge in [-0.2, -0.15) is 13.2 Å². The minimum absolute atomic E-state index is 0. The van der Waals surface area contributed by atoms with Crippen LogP contribution in [0.1, 0.15) is 24.4 Å². The zero-order valence-corrected chi connectivity index (χ0v) is 12.5. The van der Waals surface area contributed by atoms with Crippen molar-refractivity contribution >= 4 is 24.8 Å². The van der Waals surface area contributed by atoms with Crippen LogP contribution in [0.25, 0.3) is 0 Å². The summed E-state index contributed by atoms with van der Waals surface area (Å²) in [5, 5.41) is 3.20. The summed E-state index contributed by atoms with van der Waals surface area (Å²) in [6.07, 6.45) is -1.72. The number of piperazine rings is 1. The van der Waals surface area contributed by atoms with E-state index < -0.39 is 12.6 Å². The third-order valence-electron chi connectivity index (χ3n) is 3.22. The summed E-state index contributed by atoms with van der Waals surface area (Å²) in [6, 6.07) is 1.55. The first-order valence-electron chi connectivity index (χ1n) is 6.10. The first kappa shape index (κ1) is 19.6. The normalized spacial score (nSPS) is 17.9. The Morgan fingerprint density at radius 2 is 1.90 bits per heavy atom. The highest BCUT2D eigenvalue weighted by Gasteiger charge is 2.31. The molecule has 0 radical (unpaired) electrons. The second kappa shape index (κ2) is 8.77. The van der Waals surface area contributed by atoms with Crippen LogP contribution < -0.4 is 5.32 Å². The van der Waals surface area contributed by atoms with Gasteiger partial charge in [0.1, 0.15) is 0 Å². The lowest BCUT2D eigenvalue weighted by Gasteiger charge is -2.34. The molecule has 1 aliphatic rings. The zero-order valence-electron chi connectivity index (χ0n) is 10.9. The largest absolute Gasteiger partial charge is 0.472 e. The van der Waals surface area contributed by atoms with Crippen LogP contribution in [-0.2, 0) is 0 Å². The molecule has 0 bridgehead atoms. The van der Waals surface area contributed by atoms with Gasteiger partial charge in [0.2, 0.25) is 0 Å². The summed E-state index contributed by atoms with van der Waals surface area (Å²) in [4.78, 5) is 2.09. The van der Waals surface area contributed by atoms with Gasteiger partial charge < -0.3 is 9.73 Å². The van der Waals surface area contributed by atoms with Gasteiger partial charge in [-0.3, -0.25) is 4.90 Å². The Kier molecular flexibility index (Phi) is 8.58. The molecule has 118 valence electrons. The number of furan rings is 1. The van der Waals surface area contributed by atoms with Crippen LogP contribution in [0.5, 0.6) is 0 Å². The van der Waals surface area contributed by atoms with Gasteiger partial charge in [-0.1, -0.05) is 0 Å². The number of hydrogen-bond acceptors (Lipinski definition) is 3. The van der Waals surface area contributed by atoms with Gasteiger partial charge in [-0.15, -0.1) is 24.8 Å². The second-order valence-electron chi connectivity index (χ2n) is 4.51. The van der Waals surface area contributed by atoms with Gasteiger partial charge in [0.05, 0.1) is 12.5 Å². The van der Waals surface area contributed by atoms with Crippen molar-refractivity contribution in [2.24, 2.45) is 0 Å². The van der Waals surface area contributed by atoms with Crippen LogP contribution >= 0.6 is 24.8 Å². The van der Waals surface area contributed by atoms with E-state index in [9.17, 15) is 13.2 Å². The maximum Gasteiger partial charge on any atom is 0.389 e. The third kappa shape index (κ3) is 5.91. The molecule has 0 saturated carbocycles. The van der Waals surface area contributed by atoms with Gasteiger partial charge in [0, 0.05) is 44.2 Å². The molecule has 0 unspecified atom stereocenters. The average molecular weight is 335 g/mol. The Hall–Kier alpha value is -0.430. The fourth-order valence-electron chi connectivity index (χ4n) is 2.32. The maximum absolute atomic E-state index is 12.4. The molecular weight excluding hydrogens is 316 g/mol. The van der Waals surface area contributed by atoms with Crippen molar-refractivity contribution in [3.8, 4) is 0 Å². The molecule has 1 aromatic heterocycles. The maximum atomic E-state index is 12.4. The van der Waals surface area contributed by atoms with Gasteiger partial charge in [-0.25, -0.2) is 0 Å². The molecule has 0 aliphatic carbocycles. The number of rotatable bonds is 4.